The van der Waals surface area contributed by atoms with Crippen LogP contribution in [-0.4, -0.2) is 12.5 Å². The molecule has 1 aliphatic heterocycles. The summed E-state index contributed by atoms with van der Waals surface area (Å²) in [5.74, 6) is 0.191. The van der Waals surface area contributed by atoms with Gasteiger partial charge in [0.2, 0.25) is 5.91 Å². The standard InChI is InChI=1S/C12H12Cl2N2O/c1-2-7-3-12(17)16(6-7)11-5-9(14)8(13)4-10(11)15/h2,4-5,7H,1,3,6,15H2. The summed E-state index contributed by atoms with van der Waals surface area (Å²) in [6.07, 6.45) is 2.24. The van der Waals surface area contributed by atoms with Crippen molar-refractivity contribution in [2.75, 3.05) is 17.2 Å². The summed E-state index contributed by atoms with van der Waals surface area (Å²) >= 11 is 11.8. The smallest absolute Gasteiger partial charge is 0.227 e. The Bertz CT molecular complexity index is 488. The maximum atomic E-state index is 11.8. The lowest BCUT2D eigenvalue weighted by atomic mass is 10.1. The third-order valence-electron chi connectivity index (χ3n) is 2.85. The first-order chi connectivity index (χ1) is 8.02. The number of halogens is 2. The number of benzene rings is 1. The fourth-order valence-electron chi connectivity index (χ4n) is 1.91. The van der Waals surface area contributed by atoms with E-state index in [0.717, 1.165) is 0 Å². The molecule has 1 atom stereocenters. The van der Waals surface area contributed by atoms with Crippen LogP contribution in [-0.2, 0) is 4.79 Å². The Balaban J connectivity index is 2.38. The third-order valence-corrected chi connectivity index (χ3v) is 3.57. The highest BCUT2D eigenvalue weighted by molar-refractivity contribution is 6.42. The van der Waals surface area contributed by atoms with Gasteiger partial charge in [0.1, 0.15) is 0 Å². The van der Waals surface area contributed by atoms with Crippen LogP contribution in [0.1, 0.15) is 6.42 Å². The van der Waals surface area contributed by atoms with E-state index in [1.165, 1.54) is 0 Å². The minimum absolute atomic E-state index is 0.0278. The van der Waals surface area contributed by atoms with Crippen molar-refractivity contribution in [3.63, 3.8) is 0 Å². The summed E-state index contributed by atoms with van der Waals surface area (Å²) in [4.78, 5) is 13.5. The van der Waals surface area contributed by atoms with Crippen molar-refractivity contribution in [3.8, 4) is 0 Å². The lowest BCUT2D eigenvalue weighted by Crippen LogP contribution is -2.25. The molecule has 0 radical (unpaired) electrons. The van der Waals surface area contributed by atoms with E-state index in [9.17, 15) is 4.79 Å². The molecule has 1 aromatic carbocycles. The number of rotatable bonds is 2. The van der Waals surface area contributed by atoms with Gasteiger partial charge in [-0.2, -0.15) is 0 Å². The molecule has 1 amide bonds. The molecule has 5 heteroatoms. The molecule has 1 saturated heterocycles. The van der Waals surface area contributed by atoms with E-state index < -0.39 is 0 Å². The first-order valence-electron chi connectivity index (χ1n) is 5.20. The van der Waals surface area contributed by atoms with Gasteiger partial charge in [0.05, 0.1) is 21.4 Å². The van der Waals surface area contributed by atoms with E-state index >= 15 is 0 Å². The van der Waals surface area contributed by atoms with Crippen molar-refractivity contribution >= 4 is 40.5 Å². The van der Waals surface area contributed by atoms with Crippen LogP contribution >= 0.6 is 23.2 Å². The molecule has 90 valence electrons. The van der Waals surface area contributed by atoms with Crippen molar-refractivity contribution in [2.45, 2.75) is 6.42 Å². The maximum absolute atomic E-state index is 11.8. The molecule has 17 heavy (non-hydrogen) atoms. The number of carbonyl (C=O) groups is 1. The second kappa shape index (κ2) is 4.59. The van der Waals surface area contributed by atoms with Crippen LogP contribution in [0.25, 0.3) is 0 Å². The average Bonchev–Trinajstić information content (AvgIpc) is 2.65. The quantitative estimate of drug-likeness (QED) is 0.663. The molecule has 1 aliphatic rings. The minimum atomic E-state index is 0.0278. The molecule has 3 nitrogen and oxygen atoms in total. The van der Waals surface area contributed by atoms with Gasteiger partial charge in [0.25, 0.3) is 0 Å². The summed E-state index contributed by atoms with van der Waals surface area (Å²) in [6.45, 7) is 4.29. The van der Waals surface area contributed by atoms with Gasteiger partial charge in [-0.25, -0.2) is 0 Å². The number of nitrogens with two attached hydrogens (primary N) is 1. The molecule has 0 aromatic heterocycles. The zero-order valence-electron chi connectivity index (χ0n) is 9.12. The van der Waals surface area contributed by atoms with E-state index in [1.54, 1.807) is 23.1 Å². The molecule has 1 heterocycles. The van der Waals surface area contributed by atoms with Crippen molar-refractivity contribution in [3.05, 3.63) is 34.8 Å². The molecular weight excluding hydrogens is 259 g/mol. The molecule has 2 N–H and O–H groups in total. The van der Waals surface area contributed by atoms with Crippen LogP contribution in [0.5, 0.6) is 0 Å². The highest BCUT2D eigenvalue weighted by Crippen LogP contribution is 2.36. The molecule has 2 rings (SSSR count). The number of nitrogens with zero attached hydrogens (tertiary/aromatic N) is 1. The van der Waals surface area contributed by atoms with Gasteiger partial charge in [-0.05, 0) is 12.1 Å². The normalized spacial score (nSPS) is 19.8. The number of anilines is 2. The molecule has 0 bridgehead atoms. The Morgan fingerprint density at radius 1 is 1.41 bits per heavy atom. The molecular formula is C12H12Cl2N2O. The van der Waals surface area contributed by atoms with Gasteiger partial charge in [0, 0.05) is 18.9 Å². The predicted molar refractivity (Wildman–Crippen MR) is 71.5 cm³/mol. The number of hydrogen-bond acceptors (Lipinski definition) is 2. The van der Waals surface area contributed by atoms with E-state index in [1.807, 2.05) is 0 Å². The zero-order chi connectivity index (χ0) is 12.6. The first-order valence-corrected chi connectivity index (χ1v) is 5.96. The Morgan fingerprint density at radius 2 is 2.06 bits per heavy atom. The maximum Gasteiger partial charge on any atom is 0.227 e. The van der Waals surface area contributed by atoms with Gasteiger partial charge < -0.3 is 10.6 Å². The molecule has 0 spiro atoms. The minimum Gasteiger partial charge on any atom is -0.397 e. The number of amides is 1. The third kappa shape index (κ3) is 2.26. The molecule has 1 aromatic rings. The Kier molecular flexibility index (Phi) is 3.31. The van der Waals surface area contributed by atoms with Gasteiger partial charge in [-0.3, -0.25) is 4.79 Å². The highest BCUT2D eigenvalue weighted by atomic mass is 35.5. The van der Waals surface area contributed by atoms with E-state index in [4.69, 9.17) is 28.9 Å². The SMILES string of the molecule is C=CC1CC(=O)N(c2cc(Cl)c(Cl)cc2N)C1. The van der Waals surface area contributed by atoms with Gasteiger partial charge >= 0.3 is 0 Å². The van der Waals surface area contributed by atoms with Gasteiger partial charge in [0.15, 0.2) is 0 Å². The second-order valence-corrected chi connectivity index (χ2v) is 4.84. The summed E-state index contributed by atoms with van der Waals surface area (Å²) in [5.41, 5.74) is 6.93. The van der Waals surface area contributed by atoms with Crippen LogP contribution in [0.3, 0.4) is 0 Å². The van der Waals surface area contributed by atoms with Crippen LogP contribution in [0.15, 0.2) is 24.8 Å². The van der Waals surface area contributed by atoms with E-state index in [2.05, 4.69) is 6.58 Å². The number of carbonyl (C=O) groups excluding carboxylic acids is 1. The van der Waals surface area contributed by atoms with Crippen LogP contribution in [0.4, 0.5) is 11.4 Å². The number of nitrogen functional groups attached to an aromatic ring is 1. The average molecular weight is 271 g/mol. The van der Waals surface area contributed by atoms with Crippen LogP contribution < -0.4 is 10.6 Å². The molecule has 0 saturated carbocycles. The van der Waals surface area contributed by atoms with Crippen molar-refractivity contribution in [1.29, 1.82) is 0 Å². The monoisotopic (exact) mass is 270 g/mol. The summed E-state index contributed by atoms with van der Waals surface area (Å²) in [6, 6.07) is 3.19. The van der Waals surface area contributed by atoms with E-state index in [-0.39, 0.29) is 11.8 Å². The highest BCUT2D eigenvalue weighted by Gasteiger charge is 2.30. The summed E-state index contributed by atoms with van der Waals surface area (Å²) < 4.78 is 0. The van der Waals surface area contributed by atoms with Crippen molar-refractivity contribution in [1.82, 2.24) is 0 Å². The molecule has 1 fully saturated rings. The fraction of sp³-hybridized carbons (Fsp3) is 0.250. The summed E-state index contributed by atoms with van der Waals surface area (Å²) in [5, 5.41) is 0.783. The first kappa shape index (κ1) is 12.3. The summed E-state index contributed by atoms with van der Waals surface area (Å²) in [7, 11) is 0. The fourth-order valence-corrected chi connectivity index (χ4v) is 2.24. The molecule has 1 unspecified atom stereocenters. The van der Waals surface area contributed by atoms with Crippen LogP contribution in [0.2, 0.25) is 10.0 Å². The Hall–Kier alpha value is -1.19. The zero-order valence-corrected chi connectivity index (χ0v) is 10.6. The van der Waals surface area contributed by atoms with Gasteiger partial charge in [-0.15, -0.1) is 6.58 Å². The van der Waals surface area contributed by atoms with Crippen molar-refractivity contribution in [2.24, 2.45) is 5.92 Å². The Morgan fingerprint density at radius 3 is 2.65 bits per heavy atom. The lowest BCUT2D eigenvalue weighted by molar-refractivity contribution is -0.117. The van der Waals surface area contributed by atoms with Crippen molar-refractivity contribution < 1.29 is 4.79 Å². The lowest BCUT2D eigenvalue weighted by Gasteiger charge is -2.19. The predicted octanol–water partition coefficient (Wildman–Crippen LogP) is 3.11. The van der Waals surface area contributed by atoms with Crippen LogP contribution in [0, 0.1) is 5.92 Å². The topological polar surface area (TPSA) is 46.3 Å². The second-order valence-electron chi connectivity index (χ2n) is 4.03. The van der Waals surface area contributed by atoms with E-state index in [0.29, 0.717) is 34.4 Å². The molecule has 0 aliphatic carbocycles. The largest absolute Gasteiger partial charge is 0.397 e. The number of hydrogen-bond donors (Lipinski definition) is 1. The Labute approximate surface area is 110 Å². The van der Waals surface area contributed by atoms with Gasteiger partial charge in [-0.1, -0.05) is 29.3 Å².